The zero-order valence-corrected chi connectivity index (χ0v) is 21.0. The molecule has 3 N–H and O–H groups in total. The van der Waals surface area contributed by atoms with Gasteiger partial charge in [-0.2, -0.15) is 18.3 Å². The number of likely N-dealkylation sites (tertiary alicyclic amines) is 1. The van der Waals surface area contributed by atoms with E-state index >= 15 is 0 Å². The minimum absolute atomic E-state index is 0.0475. The number of piperidine rings is 1. The molecule has 1 atom stereocenters. The molecular weight excluding hydrogens is 527 g/mol. The van der Waals surface area contributed by atoms with Crippen LogP contribution in [-0.2, 0) is 11.0 Å². The maximum Gasteiger partial charge on any atom is 0.416 e. The van der Waals surface area contributed by atoms with Crippen LogP contribution in [0.2, 0.25) is 0 Å². The zero-order chi connectivity index (χ0) is 28.3. The van der Waals surface area contributed by atoms with Gasteiger partial charge >= 0.3 is 6.18 Å². The molecule has 0 aliphatic carbocycles. The van der Waals surface area contributed by atoms with Crippen LogP contribution in [0.4, 0.5) is 24.8 Å². The van der Waals surface area contributed by atoms with Gasteiger partial charge in [0.25, 0.3) is 5.91 Å². The molecule has 0 radical (unpaired) electrons. The van der Waals surface area contributed by atoms with E-state index < -0.39 is 17.6 Å². The van der Waals surface area contributed by atoms with E-state index in [-0.39, 0.29) is 23.3 Å². The number of hydrogen-bond donors (Lipinski definition) is 3. The average molecular weight is 552 g/mol. The number of amides is 2. The first-order valence-electron chi connectivity index (χ1n) is 12.3. The fourth-order valence-electron chi connectivity index (χ4n) is 4.42. The van der Waals surface area contributed by atoms with Crippen molar-refractivity contribution in [3.8, 4) is 11.5 Å². The predicted octanol–water partition coefficient (Wildman–Crippen LogP) is 5.01. The lowest BCUT2D eigenvalue weighted by Gasteiger charge is -2.32. The molecule has 1 aliphatic heterocycles. The molecule has 2 amide bonds. The van der Waals surface area contributed by atoms with E-state index in [4.69, 9.17) is 4.74 Å². The molecule has 10 nitrogen and oxygen atoms in total. The van der Waals surface area contributed by atoms with Gasteiger partial charge in [0, 0.05) is 43.2 Å². The third-order valence-electron chi connectivity index (χ3n) is 6.32. The van der Waals surface area contributed by atoms with Crippen LogP contribution in [0.3, 0.4) is 0 Å². The van der Waals surface area contributed by atoms with E-state index in [1.54, 1.807) is 29.3 Å². The number of carbonyl (C=O) groups excluding carboxylic acids is 2. The SMILES string of the molecule is C=CC(=O)N1CCC[C@@H](Nc2n[nH]c3nccc(Oc4cccc(C(=O)Nc5cc(C(F)(F)F)ccn5)c4)c23)C1. The molecule has 13 heteroatoms. The maximum atomic E-state index is 13.0. The highest BCUT2D eigenvalue weighted by atomic mass is 19.4. The lowest BCUT2D eigenvalue weighted by molar-refractivity contribution is -0.137. The maximum absolute atomic E-state index is 13.0. The van der Waals surface area contributed by atoms with Crippen LogP contribution < -0.4 is 15.4 Å². The second kappa shape index (κ2) is 11.0. The molecule has 5 rings (SSSR count). The van der Waals surface area contributed by atoms with Gasteiger partial charge in [-0.25, -0.2) is 9.97 Å². The number of anilines is 2. The number of pyridine rings is 2. The van der Waals surface area contributed by atoms with Gasteiger partial charge in [0.1, 0.15) is 22.7 Å². The van der Waals surface area contributed by atoms with Gasteiger partial charge < -0.3 is 20.3 Å². The summed E-state index contributed by atoms with van der Waals surface area (Å²) in [6.07, 6.45) is 0.917. The molecule has 1 fully saturated rings. The highest BCUT2D eigenvalue weighted by molar-refractivity contribution is 6.04. The molecule has 0 unspecified atom stereocenters. The molecule has 4 heterocycles. The number of rotatable bonds is 7. The number of carbonyl (C=O) groups is 2. The smallest absolute Gasteiger partial charge is 0.416 e. The highest BCUT2D eigenvalue weighted by Gasteiger charge is 2.31. The van der Waals surface area contributed by atoms with Gasteiger partial charge in [0.15, 0.2) is 11.5 Å². The van der Waals surface area contributed by atoms with Crippen LogP contribution in [-0.4, -0.2) is 56.0 Å². The standard InChI is InChI=1S/C27H24F3N7O3/c1-2-22(38)37-12-4-6-18(15-37)33-25-23-20(9-11-32-24(23)35-36-25)40-19-7-3-5-16(13-19)26(39)34-21-14-17(8-10-31-21)27(28,29)30/h2-3,5,7-11,13-14,18H,1,4,6,12,15H2,(H,31,34,39)(H2,32,33,35,36)/t18-/m1/s1. The Balaban J connectivity index is 1.34. The number of halogens is 3. The molecule has 206 valence electrons. The number of benzene rings is 1. The van der Waals surface area contributed by atoms with Crippen LogP contribution in [0.1, 0.15) is 28.8 Å². The van der Waals surface area contributed by atoms with Gasteiger partial charge in [0.2, 0.25) is 5.91 Å². The summed E-state index contributed by atoms with van der Waals surface area (Å²) in [6.45, 7) is 4.71. The Labute approximate surface area is 226 Å². The van der Waals surface area contributed by atoms with Crippen LogP contribution in [0.25, 0.3) is 11.0 Å². The van der Waals surface area contributed by atoms with Crippen LogP contribution in [0, 0.1) is 0 Å². The van der Waals surface area contributed by atoms with Crippen molar-refractivity contribution < 1.29 is 27.5 Å². The van der Waals surface area contributed by atoms with Crippen LogP contribution in [0.15, 0.2) is 67.5 Å². The number of alkyl halides is 3. The molecular formula is C27H24F3N7O3. The topological polar surface area (TPSA) is 125 Å². The lowest BCUT2D eigenvalue weighted by Crippen LogP contribution is -2.44. The van der Waals surface area contributed by atoms with E-state index in [2.05, 4.69) is 37.4 Å². The molecule has 40 heavy (non-hydrogen) atoms. The Bertz CT molecular complexity index is 1570. The Morgan fingerprint density at radius 2 is 1.98 bits per heavy atom. The second-order valence-corrected chi connectivity index (χ2v) is 9.09. The second-order valence-electron chi connectivity index (χ2n) is 9.09. The van der Waals surface area contributed by atoms with Gasteiger partial charge in [-0.3, -0.25) is 14.7 Å². The summed E-state index contributed by atoms with van der Waals surface area (Å²) in [5.74, 6) is 0.209. The first-order chi connectivity index (χ1) is 19.2. The van der Waals surface area contributed by atoms with Crippen LogP contribution >= 0.6 is 0 Å². The zero-order valence-electron chi connectivity index (χ0n) is 21.0. The Kier molecular flexibility index (Phi) is 7.36. The van der Waals surface area contributed by atoms with Gasteiger partial charge in [-0.15, -0.1) is 0 Å². The molecule has 0 saturated carbocycles. The van der Waals surface area contributed by atoms with Crippen molar-refractivity contribution in [1.29, 1.82) is 0 Å². The van der Waals surface area contributed by atoms with E-state index in [0.717, 1.165) is 31.2 Å². The number of H-pyrrole nitrogens is 1. The summed E-state index contributed by atoms with van der Waals surface area (Å²) in [5.41, 5.74) is -0.296. The monoisotopic (exact) mass is 551 g/mol. The van der Waals surface area contributed by atoms with Gasteiger partial charge in [-0.05, 0) is 49.2 Å². The summed E-state index contributed by atoms with van der Waals surface area (Å²) < 4.78 is 45.1. The van der Waals surface area contributed by atoms with Crippen LogP contribution in [0.5, 0.6) is 11.5 Å². The number of hydrogen-bond acceptors (Lipinski definition) is 7. The number of fused-ring (bicyclic) bond motifs is 1. The minimum atomic E-state index is -4.56. The number of aromatic amines is 1. The predicted molar refractivity (Wildman–Crippen MR) is 141 cm³/mol. The Morgan fingerprint density at radius 1 is 1.15 bits per heavy atom. The highest BCUT2D eigenvalue weighted by Crippen LogP contribution is 2.34. The Morgan fingerprint density at radius 3 is 2.77 bits per heavy atom. The number of ether oxygens (including phenoxy) is 1. The molecule has 3 aromatic heterocycles. The van der Waals surface area contributed by atoms with Crippen molar-refractivity contribution >= 4 is 34.5 Å². The largest absolute Gasteiger partial charge is 0.456 e. The van der Waals surface area contributed by atoms with Crippen molar-refractivity contribution in [2.24, 2.45) is 0 Å². The molecule has 1 saturated heterocycles. The van der Waals surface area contributed by atoms with E-state index in [0.29, 0.717) is 41.4 Å². The number of aromatic nitrogens is 4. The fraction of sp³-hybridized carbons (Fsp3) is 0.222. The van der Waals surface area contributed by atoms with Crippen molar-refractivity contribution in [3.05, 3.63) is 78.6 Å². The van der Waals surface area contributed by atoms with E-state index in [1.165, 1.54) is 18.2 Å². The fourth-order valence-corrected chi connectivity index (χ4v) is 4.42. The average Bonchev–Trinajstić information content (AvgIpc) is 3.36. The van der Waals surface area contributed by atoms with Crippen molar-refractivity contribution in [2.75, 3.05) is 23.7 Å². The molecule has 0 spiro atoms. The summed E-state index contributed by atoms with van der Waals surface area (Å²) in [7, 11) is 0. The van der Waals surface area contributed by atoms with Crippen molar-refractivity contribution in [1.82, 2.24) is 25.1 Å². The van der Waals surface area contributed by atoms with Crippen molar-refractivity contribution in [3.63, 3.8) is 0 Å². The Hall–Kier alpha value is -4.94. The lowest BCUT2D eigenvalue weighted by atomic mass is 10.1. The third-order valence-corrected chi connectivity index (χ3v) is 6.32. The first-order valence-corrected chi connectivity index (χ1v) is 12.3. The molecule has 4 aromatic rings. The summed E-state index contributed by atoms with van der Waals surface area (Å²) in [5, 5.41) is 13.5. The van der Waals surface area contributed by atoms with Crippen molar-refractivity contribution in [2.45, 2.75) is 25.1 Å². The molecule has 0 bridgehead atoms. The van der Waals surface area contributed by atoms with E-state index in [1.807, 2.05) is 0 Å². The quantitative estimate of drug-likeness (QED) is 0.276. The third kappa shape index (κ3) is 5.87. The first kappa shape index (κ1) is 26.7. The van der Waals surface area contributed by atoms with Gasteiger partial charge in [0.05, 0.1) is 5.56 Å². The molecule has 1 aromatic carbocycles. The number of nitrogens with one attached hydrogen (secondary N) is 3. The summed E-state index contributed by atoms with van der Waals surface area (Å²) in [6, 6.07) is 9.37. The van der Waals surface area contributed by atoms with E-state index in [9.17, 15) is 22.8 Å². The van der Waals surface area contributed by atoms with Gasteiger partial charge in [-0.1, -0.05) is 12.6 Å². The minimum Gasteiger partial charge on any atom is -0.456 e. The molecule has 1 aliphatic rings. The summed E-state index contributed by atoms with van der Waals surface area (Å²) in [4.78, 5) is 34.7. The summed E-state index contributed by atoms with van der Waals surface area (Å²) >= 11 is 0. The normalized spacial score (nSPS) is 15.5. The number of nitrogens with zero attached hydrogens (tertiary/aromatic N) is 4.